The first-order chi connectivity index (χ1) is 26.1. The van der Waals surface area contributed by atoms with E-state index in [0.717, 1.165) is 49.4 Å². The number of hydrogen-bond acceptors (Lipinski definition) is 4. The minimum atomic E-state index is -1.32. The number of allylic oxidation sites excluding steroid dienone is 7. The molecule has 0 heterocycles. The Labute approximate surface area is 322 Å². The molecule has 55 heavy (non-hydrogen) atoms. The summed E-state index contributed by atoms with van der Waals surface area (Å²) in [6, 6.07) is 31.4. The number of rotatable bonds is 11. The van der Waals surface area contributed by atoms with Crippen LogP contribution in [0.2, 0.25) is 0 Å². The van der Waals surface area contributed by atoms with E-state index >= 15 is 0 Å². The van der Waals surface area contributed by atoms with Crippen LogP contribution >= 0.6 is 0 Å². The second kappa shape index (κ2) is 17.3. The maximum absolute atomic E-state index is 12.8. The molecule has 278 valence electrons. The molecule has 0 aliphatic carbocycles. The van der Waals surface area contributed by atoms with Crippen molar-refractivity contribution in [2.45, 2.75) is 58.3 Å². The van der Waals surface area contributed by atoms with E-state index in [9.17, 15) is 25.2 Å². The Morgan fingerprint density at radius 2 is 1.27 bits per heavy atom. The molecule has 0 fully saturated rings. The molecule has 0 saturated heterocycles. The first-order valence-electron chi connectivity index (χ1n) is 17.7. The van der Waals surface area contributed by atoms with Crippen LogP contribution in [0.5, 0.6) is 0 Å². The van der Waals surface area contributed by atoms with E-state index < -0.39 is 17.6 Å². The van der Waals surface area contributed by atoms with Crippen LogP contribution in [0.25, 0.3) is 32.3 Å². The summed E-state index contributed by atoms with van der Waals surface area (Å²) in [6.45, 7) is 21.4. The van der Waals surface area contributed by atoms with Gasteiger partial charge >= 0.3 is 12.2 Å². The third-order valence-corrected chi connectivity index (χ3v) is 9.34. The number of nitriles is 2. The lowest BCUT2D eigenvalue weighted by Gasteiger charge is -2.33. The highest BCUT2D eigenvalue weighted by Gasteiger charge is 2.33. The number of amides is 2. The van der Waals surface area contributed by atoms with Crippen molar-refractivity contribution in [2.24, 2.45) is 0 Å². The Balaban J connectivity index is 0.000000284. The number of fused-ring (bicyclic) bond motifs is 4. The van der Waals surface area contributed by atoms with Gasteiger partial charge in [0.2, 0.25) is 0 Å². The lowest BCUT2D eigenvalue weighted by atomic mass is 9.76. The van der Waals surface area contributed by atoms with Crippen LogP contribution in [0.15, 0.2) is 146 Å². The first kappa shape index (κ1) is 40.9. The molecule has 0 saturated carbocycles. The quantitative estimate of drug-likeness (QED) is 0.0535. The molecule has 8 nitrogen and oxygen atoms in total. The van der Waals surface area contributed by atoms with Crippen molar-refractivity contribution in [2.75, 3.05) is 10.2 Å². The highest BCUT2D eigenvalue weighted by molar-refractivity contribution is 6.18. The highest BCUT2D eigenvalue weighted by Crippen LogP contribution is 2.47. The van der Waals surface area contributed by atoms with Gasteiger partial charge in [-0.2, -0.15) is 10.5 Å². The second-order valence-corrected chi connectivity index (χ2v) is 14.6. The van der Waals surface area contributed by atoms with Gasteiger partial charge in [0, 0.05) is 11.1 Å². The maximum atomic E-state index is 12.8. The second-order valence-electron chi connectivity index (χ2n) is 14.6. The molecular formula is C47H46N4O4. The lowest BCUT2D eigenvalue weighted by Crippen LogP contribution is -2.32. The fourth-order valence-corrected chi connectivity index (χ4v) is 6.98. The smallest absolute Gasteiger partial charge is 0.417 e. The number of carbonyl (C=O) groups is 2. The molecule has 0 aliphatic heterocycles. The van der Waals surface area contributed by atoms with Crippen LogP contribution in [0.1, 0.15) is 58.6 Å². The molecule has 5 rings (SSSR count). The normalized spacial score (nSPS) is 11.8. The predicted octanol–water partition coefficient (Wildman–Crippen LogP) is 12.5. The van der Waals surface area contributed by atoms with E-state index in [1.54, 1.807) is 6.92 Å². The molecule has 8 heteroatoms. The molecule has 3 N–H and O–H groups in total. The van der Waals surface area contributed by atoms with Gasteiger partial charge in [-0.05, 0) is 92.9 Å². The van der Waals surface area contributed by atoms with E-state index in [4.69, 9.17) is 5.11 Å². The number of anilines is 2. The molecule has 0 aliphatic rings. The molecule has 0 unspecified atom stereocenters. The van der Waals surface area contributed by atoms with Crippen LogP contribution in [0.3, 0.4) is 0 Å². The summed E-state index contributed by atoms with van der Waals surface area (Å²) < 4.78 is 0. The minimum absolute atomic E-state index is 0.136. The maximum Gasteiger partial charge on any atom is 0.417 e. The first-order valence-corrected chi connectivity index (χ1v) is 17.7. The van der Waals surface area contributed by atoms with Crippen molar-refractivity contribution in [3.63, 3.8) is 0 Å². The van der Waals surface area contributed by atoms with Crippen LogP contribution in [0.4, 0.5) is 21.0 Å². The number of benzene rings is 5. The molecule has 5 aromatic carbocycles. The number of nitrogens with one attached hydrogen (secondary N) is 1. The zero-order chi connectivity index (χ0) is 40.5. The Kier molecular flexibility index (Phi) is 12.8. The molecule has 0 atom stereocenters. The fraction of sp³-hybridized carbons (Fsp3) is 0.191. The fourth-order valence-electron chi connectivity index (χ4n) is 6.98. The number of nitrogens with zero attached hydrogens (tertiary/aromatic N) is 3. The van der Waals surface area contributed by atoms with E-state index in [1.165, 1.54) is 12.2 Å². The van der Waals surface area contributed by atoms with E-state index in [1.807, 2.05) is 117 Å². The number of carboxylic acid groups (broad SMARTS) is 2. The Morgan fingerprint density at radius 3 is 1.78 bits per heavy atom. The average Bonchev–Trinajstić information content (AvgIpc) is 3.13. The van der Waals surface area contributed by atoms with Crippen LogP contribution in [-0.2, 0) is 10.8 Å². The molecule has 0 radical (unpaired) electrons. The summed E-state index contributed by atoms with van der Waals surface area (Å²) in [5, 5.41) is 47.2. The van der Waals surface area contributed by atoms with Crippen molar-refractivity contribution >= 4 is 55.9 Å². The van der Waals surface area contributed by atoms with Gasteiger partial charge in [-0.1, -0.05) is 125 Å². The van der Waals surface area contributed by atoms with Crippen molar-refractivity contribution < 1.29 is 19.8 Å². The monoisotopic (exact) mass is 730 g/mol. The van der Waals surface area contributed by atoms with Gasteiger partial charge in [-0.3, -0.25) is 5.32 Å². The minimum Gasteiger partial charge on any atom is -0.465 e. The van der Waals surface area contributed by atoms with Gasteiger partial charge in [0.25, 0.3) is 0 Å². The molecule has 0 bridgehead atoms. The van der Waals surface area contributed by atoms with Gasteiger partial charge in [-0.15, -0.1) is 13.2 Å². The van der Waals surface area contributed by atoms with Gasteiger partial charge in [0.15, 0.2) is 0 Å². The van der Waals surface area contributed by atoms with Crippen molar-refractivity contribution in [1.29, 1.82) is 10.5 Å². The van der Waals surface area contributed by atoms with Gasteiger partial charge in [0.05, 0.1) is 17.3 Å². The topological polar surface area (TPSA) is 137 Å². The van der Waals surface area contributed by atoms with Crippen LogP contribution < -0.4 is 10.2 Å². The highest BCUT2D eigenvalue weighted by atomic mass is 16.4. The Bertz CT molecular complexity index is 2470. The van der Waals surface area contributed by atoms with Crippen molar-refractivity contribution in [3.05, 3.63) is 157 Å². The van der Waals surface area contributed by atoms with Gasteiger partial charge in [0.1, 0.15) is 11.8 Å². The summed E-state index contributed by atoms with van der Waals surface area (Å²) >= 11 is 0. The zero-order valence-corrected chi connectivity index (χ0v) is 32.0. The van der Waals surface area contributed by atoms with E-state index in [2.05, 4.69) is 45.0 Å². The lowest BCUT2D eigenvalue weighted by molar-refractivity contribution is 0.203. The third-order valence-electron chi connectivity index (χ3n) is 9.34. The summed E-state index contributed by atoms with van der Waals surface area (Å²) in [4.78, 5) is 24.8. The van der Waals surface area contributed by atoms with Gasteiger partial charge < -0.3 is 10.2 Å². The summed E-state index contributed by atoms with van der Waals surface area (Å²) in [7, 11) is 0. The van der Waals surface area contributed by atoms with Gasteiger partial charge in [-0.25, -0.2) is 14.5 Å². The van der Waals surface area contributed by atoms with E-state index in [-0.39, 0.29) is 16.7 Å². The molecule has 0 spiro atoms. The number of hydrogen-bond donors (Lipinski definition) is 3. The van der Waals surface area contributed by atoms with E-state index in [0.29, 0.717) is 28.8 Å². The van der Waals surface area contributed by atoms with Crippen LogP contribution in [-0.4, -0.2) is 22.4 Å². The Hall–Kier alpha value is -6.90. The standard InChI is InChI=1S/C30H27N3O2.C17H19NO2/c1-6-15-30(4,5)27-25-13-9-7-11-23(25)24-12-8-10-14-26(24)28(27)33(29(34)35)22(19-32)17-21(18-31)16-20(2)3;1-4-9-17(2,3)14-10-12-7-5-6-8-13(12)11-15(14)18-16(19)20/h6-14,16-17H,1-2,15H2,3-5H3,(H,34,35);4-8,10-11,18H,1,9H2,2-3H3,(H,19,20)/b21-16-,22-17+;. The predicted molar refractivity (Wildman–Crippen MR) is 225 cm³/mol. The largest absolute Gasteiger partial charge is 0.465 e. The zero-order valence-electron chi connectivity index (χ0n) is 32.0. The molecule has 5 aromatic rings. The van der Waals surface area contributed by atoms with Crippen molar-refractivity contribution in [3.8, 4) is 12.1 Å². The third kappa shape index (κ3) is 9.19. The summed E-state index contributed by atoms with van der Waals surface area (Å²) in [5.41, 5.74) is 2.70. The summed E-state index contributed by atoms with van der Waals surface area (Å²) in [5.74, 6) is 0. The Morgan fingerprint density at radius 1 is 0.764 bits per heavy atom. The van der Waals surface area contributed by atoms with Crippen molar-refractivity contribution in [1.82, 2.24) is 0 Å². The van der Waals surface area contributed by atoms with Crippen LogP contribution in [0, 0.1) is 22.7 Å². The average molecular weight is 731 g/mol. The SMILES string of the molecule is C=CCC(C)(C)c1c(N(C(=O)O)/C(C#N)=C/C(C#N)=C/C(=C)C)c2ccccc2c2ccccc12.C=CCC(C)(C)c1cc2ccccc2cc1NC(=O)O. The summed E-state index contributed by atoms with van der Waals surface area (Å²) in [6.07, 6.45) is 5.47. The molecular weight excluding hydrogens is 685 g/mol. The molecule has 0 aromatic heterocycles. The molecule has 2 amide bonds.